The summed E-state index contributed by atoms with van der Waals surface area (Å²) in [5, 5.41) is 6.03. The van der Waals surface area contributed by atoms with Crippen LogP contribution in [0.2, 0.25) is 0 Å². The minimum absolute atomic E-state index is 0.287. The summed E-state index contributed by atoms with van der Waals surface area (Å²) in [5.41, 5.74) is 2.82. The molecule has 0 spiro atoms. The topological polar surface area (TPSA) is 67.4 Å². The van der Waals surface area contributed by atoms with Crippen LogP contribution in [0, 0.1) is 0 Å². The molecule has 0 saturated carbocycles. The van der Waals surface area contributed by atoms with Crippen molar-refractivity contribution in [3.8, 4) is 0 Å². The average molecular weight is 346 g/mol. The van der Waals surface area contributed by atoms with E-state index in [2.05, 4.69) is 10.6 Å². The number of carbonyl (C=O) groups excluding carboxylic acids is 2. The third-order valence-corrected chi connectivity index (χ3v) is 3.77. The molecular formula is C21H18N2O3. The first-order valence-electron chi connectivity index (χ1n) is 8.08. The van der Waals surface area contributed by atoms with E-state index in [1.807, 2.05) is 36.4 Å². The Morgan fingerprint density at radius 3 is 2.12 bits per heavy atom. The third-order valence-electron chi connectivity index (χ3n) is 3.77. The van der Waals surface area contributed by atoms with Gasteiger partial charge >= 0.3 is 5.97 Å². The molecule has 0 aliphatic rings. The molecule has 0 saturated heterocycles. The molecule has 0 radical (unpaired) electrons. The number of benzene rings is 3. The van der Waals surface area contributed by atoms with E-state index in [9.17, 15) is 9.59 Å². The number of methoxy groups -OCH3 is 1. The SMILES string of the molecule is COC(=O)c1ccc(Nc2ccccc2)cc1NC(=O)c1ccccc1. The van der Waals surface area contributed by atoms with E-state index < -0.39 is 5.97 Å². The van der Waals surface area contributed by atoms with Gasteiger partial charge in [0.1, 0.15) is 0 Å². The van der Waals surface area contributed by atoms with Crippen LogP contribution < -0.4 is 10.6 Å². The van der Waals surface area contributed by atoms with Crippen LogP contribution in [0.3, 0.4) is 0 Å². The van der Waals surface area contributed by atoms with Gasteiger partial charge in [0.05, 0.1) is 18.4 Å². The van der Waals surface area contributed by atoms with Crippen LogP contribution in [-0.4, -0.2) is 19.0 Å². The number of hydrogen-bond donors (Lipinski definition) is 2. The first kappa shape index (κ1) is 17.2. The molecule has 5 heteroatoms. The second-order valence-electron chi connectivity index (χ2n) is 5.56. The van der Waals surface area contributed by atoms with E-state index in [4.69, 9.17) is 4.74 Å². The average Bonchev–Trinajstić information content (AvgIpc) is 2.69. The van der Waals surface area contributed by atoms with Gasteiger partial charge in [0.15, 0.2) is 0 Å². The summed E-state index contributed by atoms with van der Waals surface area (Å²) >= 11 is 0. The highest BCUT2D eigenvalue weighted by Gasteiger charge is 2.15. The Morgan fingerprint density at radius 1 is 0.808 bits per heavy atom. The number of carbonyl (C=O) groups is 2. The summed E-state index contributed by atoms with van der Waals surface area (Å²) in [6.45, 7) is 0. The van der Waals surface area contributed by atoms with Crippen molar-refractivity contribution in [3.63, 3.8) is 0 Å². The van der Waals surface area contributed by atoms with E-state index in [1.54, 1.807) is 42.5 Å². The van der Waals surface area contributed by atoms with Crippen LogP contribution in [-0.2, 0) is 4.74 Å². The number of hydrogen-bond acceptors (Lipinski definition) is 4. The molecule has 3 aromatic carbocycles. The van der Waals surface area contributed by atoms with Gasteiger partial charge < -0.3 is 15.4 Å². The minimum Gasteiger partial charge on any atom is -0.465 e. The lowest BCUT2D eigenvalue weighted by Crippen LogP contribution is -2.15. The summed E-state index contributed by atoms with van der Waals surface area (Å²) in [6.07, 6.45) is 0. The van der Waals surface area contributed by atoms with Gasteiger partial charge in [-0.2, -0.15) is 0 Å². The standard InChI is InChI=1S/C21H18N2O3/c1-26-21(25)18-13-12-17(22-16-10-6-3-7-11-16)14-19(18)23-20(24)15-8-4-2-5-9-15/h2-14,22H,1H3,(H,23,24). The molecule has 3 rings (SSSR count). The fourth-order valence-corrected chi connectivity index (χ4v) is 2.49. The molecule has 2 N–H and O–H groups in total. The van der Waals surface area contributed by atoms with Crippen LogP contribution in [0.25, 0.3) is 0 Å². The maximum absolute atomic E-state index is 12.5. The number of para-hydroxylation sites is 1. The third kappa shape index (κ3) is 4.08. The second kappa shape index (κ2) is 7.98. The van der Waals surface area contributed by atoms with Gasteiger partial charge in [-0.15, -0.1) is 0 Å². The largest absolute Gasteiger partial charge is 0.465 e. The van der Waals surface area contributed by atoms with Crippen molar-refractivity contribution in [2.45, 2.75) is 0 Å². The van der Waals surface area contributed by atoms with E-state index >= 15 is 0 Å². The number of nitrogens with one attached hydrogen (secondary N) is 2. The second-order valence-corrected chi connectivity index (χ2v) is 5.56. The number of rotatable bonds is 5. The molecule has 0 unspecified atom stereocenters. The molecular weight excluding hydrogens is 328 g/mol. The number of esters is 1. The lowest BCUT2D eigenvalue weighted by molar-refractivity contribution is 0.0602. The summed E-state index contributed by atoms with van der Waals surface area (Å²) in [5.74, 6) is -0.813. The zero-order valence-electron chi connectivity index (χ0n) is 14.2. The van der Waals surface area contributed by atoms with Crippen molar-refractivity contribution in [2.24, 2.45) is 0 Å². The Hall–Kier alpha value is -3.60. The molecule has 0 aliphatic carbocycles. The van der Waals surface area contributed by atoms with Gasteiger partial charge in [0, 0.05) is 16.9 Å². The van der Waals surface area contributed by atoms with Crippen molar-refractivity contribution in [1.82, 2.24) is 0 Å². The van der Waals surface area contributed by atoms with Crippen molar-refractivity contribution in [3.05, 3.63) is 90.0 Å². The van der Waals surface area contributed by atoms with Crippen LogP contribution >= 0.6 is 0 Å². The van der Waals surface area contributed by atoms with Crippen LogP contribution in [0.15, 0.2) is 78.9 Å². The minimum atomic E-state index is -0.514. The predicted molar refractivity (Wildman–Crippen MR) is 102 cm³/mol. The van der Waals surface area contributed by atoms with Gasteiger partial charge in [-0.25, -0.2) is 4.79 Å². The van der Waals surface area contributed by atoms with Gasteiger partial charge in [0.25, 0.3) is 5.91 Å². The summed E-state index contributed by atoms with van der Waals surface area (Å²) in [6, 6.07) is 23.5. The molecule has 5 nitrogen and oxygen atoms in total. The lowest BCUT2D eigenvalue weighted by atomic mass is 10.1. The predicted octanol–water partition coefficient (Wildman–Crippen LogP) is 4.47. The highest BCUT2D eigenvalue weighted by Crippen LogP contribution is 2.25. The smallest absolute Gasteiger partial charge is 0.339 e. The Labute approximate surface area is 151 Å². The van der Waals surface area contributed by atoms with Crippen molar-refractivity contribution in [2.75, 3.05) is 17.7 Å². The van der Waals surface area contributed by atoms with Gasteiger partial charge in [0.2, 0.25) is 0 Å². The molecule has 0 aromatic heterocycles. The number of ether oxygens (including phenoxy) is 1. The molecule has 3 aromatic rings. The van der Waals surface area contributed by atoms with Crippen LogP contribution in [0.1, 0.15) is 20.7 Å². The first-order chi connectivity index (χ1) is 12.7. The fraction of sp³-hybridized carbons (Fsp3) is 0.0476. The zero-order valence-corrected chi connectivity index (χ0v) is 14.2. The molecule has 0 atom stereocenters. The molecule has 0 heterocycles. The Bertz CT molecular complexity index is 909. The maximum atomic E-state index is 12.5. The van der Waals surface area contributed by atoms with Crippen LogP contribution in [0.4, 0.5) is 17.1 Å². The van der Waals surface area contributed by atoms with E-state index in [0.29, 0.717) is 11.3 Å². The Kier molecular flexibility index (Phi) is 5.29. The number of anilines is 3. The van der Waals surface area contributed by atoms with E-state index in [0.717, 1.165) is 11.4 Å². The summed E-state index contributed by atoms with van der Waals surface area (Å²) in [7, 11) is 1.31. The first-order valence-corrected chi connectivity index (χ1v) is 8.08. The Morgan fingerprint density at radius 2 is 1.46 bits per heavy atom. The highest BCUT2D eigenvalue weighted by molar-refractivity contribution is 6.08. The fourth-order valence-electron chi connectivity index (χ4n) is 2.49. The molecule has 1 amide bonds. The monoisotopic (exact) mass is 346 g/mol. The van der Waals surface area contributed by atoms with E-state index in [-0.39, 0.29) is 11.5 Å². The molecule has 0 fully saturated rings. The van der Waals surface area contributed by atoms with E-state index in [1.165, 1.54) is 7.11 Å². The van der Waals surface area contributed by atoms with Crippen molar-refractivity contribution in [1.29, 1.82) is 0 Å². The zero-order chi connectivity index (χ0) is 18.4. The highest BCUT2D eigenvalue weighted by atomic mass is 16.5. The van der Waals surface area contributed by atoms with Gasteiger partial charge in [-0.1, -0.05) is 36.4 Å². The summed E-state index contributed by atoms with van der Waals surface area (Å²) in [4.78, 5) is 24.5. The quantitative estimate of drug-likeness (QED) is 0.669. The normalized spacial score (nSPS) is 10.0. The summed E-state index contributed by atoms with van der Waals surface area (Å²) < 4.78 is 4.81. The molecule has 130 valence electrons. The number of amides is 1. The van der Waals surface area contributed by atoms with Crippen molar-refractivity contribution < 1.29 is 14.3 Å². The Balaban J connectivity index is 1.90. The van der Waals surface area contributed by atoms with Gasteiger partial charge in [-0.05, 0) is 42.5 Å². The molecule has 0 aliphatic heterocycles. The molecule has 26 heavy (non-hydrogen) atoms. The maximum Gasteiger partial charge on any atom is 0.339 e. The molecule has 0 bridgehead atoms. The van der Waals surface area contributed by atoms with Crippen LogP contribution in [0.5, 0.6) is 0 Å². The lowest BCUT2D eigenvalue weighted by Gasteiger charge is -2.13. The van der Waals surface area contributed by atoms with Gasteiger partial charge in [-0.3, -0.25) is 4.79 Å². The van der Waals surface area contributed by atoms with Crippen molar-refractivity contribution >= 4 is 28.9 Å².